The Morgan fingerprint density at radius 3 is 1.28 bits per heavy atom. The molecule has 10 rings (SSSR count). The second-order valence-electron chi connectivity index (χ2n) is 12.6. The number of hydrogen-bond donors (Lipinski definition) is 0. The molecule has 0 saturated heterocycles. The van der Waals surface area contributed by atoms with Crippen LogP contribution in [0.1, 0.15) is 0 Å². The van der Waals surface area contributed by atoms with Crippen molar-refractivity contribution in [2.75, 3.05) is 0 Å². The molecule has 0 aliphatic carbocycles. The predicted molar refractivity (Wildman–Crippen MR) is 204 cm³/mol. The third-order valence-electron chi connectivity index (χ3n) is 9.48. The van der Waals surface area contributed by atoms with Crippen LogP contribution in [-0.4, -0.2) is 9.97 Å². The van der Waals surface area contributed by atoms with E-state index in [-0.39, 0.29) is 0 Å². The maximum Gasteiger partial charge on any atom is 0.160 e. The molecule has 0 saturated carbocycles. The zero-order chi connectivity index (χ0) is 33.0. The molecule has 10 aromatic rings. The zero-order valence-electron chi connectivity index (χ0n) is 26.9. The van der Waals surface area contributed by atoms with Crippen molar-refractivity contribution in [1.82, 2.24) is 9.97 Å². The van der Waals surface area contributed by atoms with Crippen molar-refractivity contribution in [3.05, 3.63) is 170 Å². The second-order valence-corrected chi connectivity index (χ2v) is 12.6. The lowest BCUT2D eigenvalue weighted by molar-refractivity contribution is 0.668. The van der Waals surface area contributed by atoms with E-state index >= 15 is 0 Å². The molecule has 0 radical (unpaired) electrons. The largest absolute Gasteiger partial charge is 0.456 e. The SMILES string of the molecule is c1ccc(-c2cc(-c3cc(-c4ccc5oc6ccccc6c5c4)cc(-c4ccc5oc6ccccc6c5c4)c3)nc(-c3ccccc3)n2)cc1. The first-order valence-corrected chi connectivity index (χ1v) is 16.7. The van der Waals surface area contributed by atoms with Crippen LogP contribution >= 0.6 is 0 Å². The van der Waals surface area contributed by atoms with Gasteiger partial charge in [0.2, 0.25) is 0 Å². The highest BCUT2D eigenvalue weighted by molar-refractivity contribution is 6.07. The lowest BCUT2D eigenvalue weighted by atomic mass is 9.93. The van der Waals surface area contributed by atoms with Gasteiger partial charge in [-0.15, -0.1) is 0 Å². The number of hydrogen-bond acceptors (Lipinski definition) is 4. The van der Waals surface area contributed by atoms with E-state index in [4.69, 9.17) is 18.8 Å². The van der Waals surface area contributed by atoms with Crippen LogP contribution in [0.3, 0.4) is 0 Å². The van der Waals surface area contributed by atoms with Gasteiger partial charge in [0.25, 0.3) is 0 Å². The summed E-state index contributed by atoms with van der Waals surface area (Å²) in [5.41, 5.74) is 12.6. The van der Waals surface area contributed by atoms with Gasteiger partial charge in [-0.05, 0) is 82.9 Å². The van der Waals surface area contributed by atoms with E-state index in [1.807, 2.05) is 60.7 Å². The smallest absolute Gasteiger partial charge is 0.160 e. The van der Waals surface area contributed by atoms with Gasteiger partial charge < -0.3 is 8.83 Å². The Morgan fingerprint density at radius 1 is 0.280 bits per heavy atom. The van der Waals surface area contributed by atoms with E-state index in [9.17, 15) is 0 Å². The van der Waals surface area contributed by atoms with Gasteiger partial charge in [0.1, 0.15) is 22.3 Å². The van der Waals surface area contributed by atoms with Crippen LogP contribution < -0.4 is 0 Å². The van der Waals surface area contributed by atoms with Crippen molar-refractivity contribution in [1.29, 1.82) is 0 Å². The summed E-state index contributed by atoms with van der Waals surface area (Å²) >= 11 is 0. The van der Waals surface area contributed by atoms with Crippen LogP contribution in [0.15, 0.2) is 179 Å². The van der Waals surface area contributed by atoms with Crippen LogP contribution in [0.25, 0.3) is 100 Å². The fourth-order valence-electron chi connectivity index (χ4n) is 6.99. The molecule has 0 spiro atoms. The summed E-state index contributed by atoms with van der Waals surface area (Å²) < 4.78 is 12.4. The lowest BCUT2D eigenvalue weighted by Crippen LogP contribution is -1.96. The molecule has 0 atom stereocenters. The monoisotopic (exact) mass is 640 g/mol. The van der Waals surface area contributed by atoms with Crippen molar-refractivity contribution in [3.8, 4) is 56.2 Å². The van der Waals surface area contributed by atoms with Crippen LogP contribution in [0.5, 0.6) is 0 Å². The molecule has 50 heavy (non-hydrogen) atoms. The first kappa shape index (κ1) is 28.3. The number of fused-ring (bicyclic) bond motifs is 6. The van der Waals surface area contributed by atoms with Crippen molar-refractivity contribution >= 4 is 43.9 Å². The van der Waals surface area contributed by atoms with Gasteiger partial charge in [-0.25, -0.2) is 9.97 Å². The minimum atomic E-state index is 0.687. The number of para-hydroxylation sites is 2. The fourth-order valence-corrected chi connectivity index (χ4v) is 6.99. The average Bonchev–Trinajstić information content (AvgIpc) is 3.76. The molecule has 0 aliphatic heterocycles. The molecule has 4 nitrogen and oxygen atoms in total. The Morgan fingerprint density at radius 2 is 0.720 bits per heavy atom. The normalized spacial score (nSPS) is 11.6. The minimum absolute atomic E-state index is 0.687. The fraction of sp³-hybridized carbons (Fsp3) is 0. The molecule has 0 amide bonds. The number of rotatable bonds is 5. The van der Waals surface area contributed by atoms with E-state index < -0.39 is 0 Å². The molecule has 3 heterocycles. The van der Waals surface area contributed by atoms with E-state index in [0.717, 1.165) is 94.2 Å². The molecule has 0 N–H and O–H groups in total. The number of furan rings is 2. The molecule has 234 valence electrons. The number of aromatic nitrogens is 2. The van der Waals surface area contributed by atoms with Gasteiger partial charge >= 0.3 is 0 Å². The average molecular weight is 641 g/mol. The summed E-state index contributed by atoms with van der Waals surface area (Å²) in [6.07, 6.45) is 0. The summed E-state index contributed by atoms with van der Waals surface area (Å²) in [4.78, 5) is 10.2. The third kappa shape index (κ3) is 4.85. The summed E-state index contributed by atoms with van der Waals surface area (Å²) in [5.74, 6) is 0.687. The standard InChI is InChI=1S/C46H28N2O2/c1-3-11-29(12-4-1)40-28-41(48-46(47-40)30-13-5-2-6-14-30)35-24-33(31-19-21-44-38(26-31)36-15-7-9-17-42(36)49-44)23-34(25-35)32-20-22-45-39(27-32)37-16-8-10-18-43(37)50-45/h1-28H. The predicted octanol–water partition coefficient (Wildman–Crippen LogP) is 12.6. The minimum Gasteiger partial charge on any atom is -0.456 e. The van der Waals surface area contributed by atoms with Crippen molar-refractivity contribution < 1.29 is 8.83 Å². The Bertz CT molecular complexity index is 2680. The molecule has 3 aromatic heterocycles. The molecule has 0 unspecified atom stereocenters. The topological polar surface area (TPSA) is 52.1 Å². The van der Waals surface area contributed by atoms with Crippen LogP contribution in [0.2, 0.25) is 0 Å². The van der Waals surface area contributed by atoms with E-state index in [0.29, 0.717) is 5.82 Å². The summed E-state index contributed by atoms with van der Waals surface area (Å²) in [7, 11) is 0. The van der Waals surface area contributed by atoms with Crippen LogP contribution in [0.4, 0.5) is 0 Å². The van der Waals surface area contributed by atoms with E-state index in [1.54, 1.807) is 0 Å². The molecule has 0 fully saturated rings. The Labute approximate surface area is 287 Å². The van der Waals surface area contributed by atoms with Gasteiger partial charge in [0.05, 0.1) is 11.4 Å². The maximum absolute atomic E-state index is 6.18. The molecule has 7 aromatic carbocycles. The van der Waals surface area contributed by atoms with Crippen molar-refractivity contribution in [2.45, 2.75) is 0 Å². The van der Waals surface area contributed by atoms with Gasteiger partial charge in [-0.1, -0.05) is 109 Å². The van der Waals surface area contributed by atoms with Crippen molar-refractivity contribution in [3.63, 3.8) is 0 Å². The summed E-state index contributed by atoms with van der Waals surface area (Å²) in [6, 6.07) is 58.7. The van der Waals surface area contributed by atoms with Gasteiger partial charge in [0.15, 0.2) is 5.82 Å². The third-order valence-corrected chi connectivity index (χ3v) is 9.48. The quantitative estimate of drug-likeness (QED) is 0.188. The number of nitrogens with zero attached hydrogens (tertiary/aromatic N) is 2. The Balaban J connectivity index is 1.21. The Kier molecular flexibility index (Phi) is 6.46. The molecular weight excluding hydrogens is 613 g/mol. The van der Waals surface area contributed by atoms with E-state index in [1.165, 1.54) is 0 Å². The Hall–Kier alpha value is -6.78. The first-order valence-electron chi connectivity index (χ1n) is 16.7. The second kappa shape index (κ2) is 11.4. The highest BCUT2D eigenvalue weighted by Gasteiger charge is 2.16. The lowest BCUT2D eigenvalue weighted by Gasteiger charge is -2.13. The van der Waals surface area contributed by atoms with Crippen molar-refractivity contribution in [2.24, 2.45) is 0 Å². The van der Waals surface area contributed by atoms with E-state index in [2.05, 4.69) is 109 Å². The highest BCUT2D eigenvalue weighted by Crippen LogP contribution is 2.39. The van der Waals surface area contributed by atoms with Gasteiger partial charge in [0, 0.05) is 38.2 Å². The molecular formula is C46H28N2O2. The zero-order valence-corrected chi connectivity index (χ0v) is 26.9. The molecule has 0 bridgehead atoms. The van der Waals surface area contributed by atoms with Gasteiger partial charge in [-0.2, -0.15) is 0 Å². The number of benzene rings is 7. The molecule has 0 aliphatic rings. The summed E-state index contributed by atoms with van der Waals surface area (Å²) in [5, 5.41) is 4.40. The molecule has 4 heteroatoms. The maximum atomic E-state index is 6.18. The first-order chi connectivity index (χ1) is 24.7. The van der Waals surface area contributed by atoms with Crippen LogP contribution in [-0.2, 0) is 0 Å². The van der Waals surface area contributed by atoms with Gasteiger partial charge in [-0.3, -0.25) is 0 Å². The summed E-state index contributed by atoms with van der Waals surface area (Å²) in [6.45, 7) is 0. The highest BCUT2D eigenvalue weighted by atomic mass is 16.3. The van der Waals surface area contributed by atoms with Crippen LogP contribution in [0, 0.1) is 0 Å².